The lowest BCUT2D eigenvalue weighted by Crippen LogP contribution is -2.30. The Kier molecular flexibility index (Phi) is 3.42. The summed E-state index contributed by atoms with van der Waals surface area (Å²) in [6, 6.07) is 9.56. The van der Waals surface area contributed by atoms with Gasteiger partial charge in [-0.3, -0.25) is 9.78 Å². The Labute approximate surface area is 112 Å². The van der Waals surface area contributed by atoms with Crippen LogP contribution in [0.4, 0.5) is 0 Å². The summed E-state index contributed by atoms with van der Waals surface area (Å²) in [5, 5.41) is 7.31. The Hall–Kier alpha value is -1.94. The van der Waals surface area contributed by atoms with Crippen molar-refractivity contribution in [3.63, 3.8) is 0 Å². The largest absolute Gasteiger partial charge is 0.352 e. The maximum atomic E-state index is 12.2. The first-order valence-corrected chi connectivity index (χ1v) is 6.67. The molecule has 0 radical (unpaired) electrons. The highest BCUT2D eigenvalue weighted by Crippen LogP contribution is 2.16. The number of benzene rings is 1. The molecule has 2 heterocycles. The molecule has 1 atom stereocenters. The average molecular weight is 255 g/mol. The molecule has 3 rings (SSSR count). The fourth-order valence-corrected chi connectivity index (χ4v) is 2.51. The van der Waals surface area contributed by atoms with Crippen molar-refractivity contribution >= 4 is 16.8 Å². The highest BCUT2D eigenvalue weighted by Gasteiger charge is 2.16. The van der Waals surface area contributed by atoms with E-state index in [1.54, 1.807) is 6.20 Å². The molecule has 4 heteroatoms. The minimum atomic E-state index is -0.0313. The van der Waals surface area contributed by atoms with Gasteiger partial charge in [-0.15, -0.1) is 0 Å². The predicted molar refractivity (Wildman–Crippen MR) is 75.1 cm³/mol. The van der Waals surface area contributed by atoms with Crippen LogP contribution in [0.2, 0.25) is 0 Å². The molecule has 19 heavy (non-hydrogen) atoms. The Morgan fingerprint density at radius 3 is 3.11 bits per heavy atom. The standard InChI is InChI=1S/C15H17N3O/c19-15(18-10-11-6-8-16-9-11)13-5-1-3-12-4-2-7-17-14(12)13/h1-5,7,11,16H,6,8-10H2,(H,18,19). The fraction of sp³-hybridized carbons (Fsp3) is 0.333. The molecule has 1 aliphatic heterocycles. The highest BCUT2D eigenvalue weighted by molar-refractivity contribution is 6.05. The van der Waals surface area contributed by atoms with E-state index in [1.807, 2.05) is 30.3 Å². The zero-order valence-electron chi connectivity index (χ0n) is 10.7. The first kappa shape index (κ1) is 12.1. The topological polar surface area (TPSA) is 54.0 Å². The number of fused-ring (bicyclic) bond motifs is 1. The molecule has 1 aromatic carbocycles. The van der Waals surface area contributed by atoms with E-state index in [0.717, 1.165) is 37.0 Å². The van der Waals surface area contributed by atoms with E-state index in [2.05, 4.69) is 15.6 Å². The number of hydrogen-bond acceptors (Lipinski definition) is 3. The van der Waals surface area contributed by atoms with Gasteiger partial charge in [-0.25, -0.2) is 0 Å². The lowest BCUT2D eigenvalue weighted by atomic mass is 10.1. The molecule has 2 aromatic rings. The van der Waals surface area contributed by atoms with Gasteiger partial charge < -0.3 is 10.6 Å². The molecular weight excluding hydrogens is 238 g/mol. The summed E-state index contributed by atoms with van der Waals surface area (Å²) in [5.41, 5.74) is 1.43. The lowest BCUT2D eigenvalue weighted by Gasteiger charge is -2.11. The van der Waals surface area contributed by atoms with Crippen LogP contribution in [0.1, 0.15) is 16.8 Å². The summed E-state index contributed by atoms with van der Waals surface area (Å²) in [5.74, 6) is 0.517. The van der Waals surface area contributed by atoms with E-state index in [1.165, 1.54) is 0 Å². The molecule has 1 saturated heterocycles. The summed E-state index contributed by atoms with van der Waals surface area (Å²) in [6.07, 6.45) is 2.86. The number of hydrogen-bond donors (Lipinski definition) is 2. The second kappa shape index (κ2) is 5.36. The molecule has 1 amide bonds. The third kappa shape index (κ3) is 2.58. The zero-order valence-corrected chi connectivity index (χ0v) is 10.7. The molecule has 1 unspecified atom stereocenters. The van der Waals surface area contributed by atoms with E-state index in [4.69, 9.17) is 0 Å². The van der Waals surface area contributed by atoms with Crippen LogP contribution in [-0.2, 0) is 0 Å². The third-order valence-electron chi connectivity index (χ3n) is 3.59. The summed E-state index contributed by atoms with van der Waals surface area (Å²) >= 11 is 0. The van der Waals surface area contributed by atoms with Gasteiger partial charge in [0, 0.05) is 18.1 Å². The van der Waals surface area contributed by atoms with Gasteiger partial charge >= 0.3 is 0 Å². The molecule has 1 fully saturated rings. The first-order valence-electron chi connectivity index (χ1n) is 6.67. The Morgan fingerprint density at radius 1 is 1.37 bits per heavy atom. The molecule has 0 bridgehead atoms. The maximum Gasteiger partial charge on any atom is 0.253 e. The van der Waals surface area contributed by atoms with Crippen LogP contribution in [0.3, 0.4) is 0 Å². The molecule has 2 N–H and O–H groups in total. The number of aromatic nitrogens is 1. The summed E-state index contributed by atoms with van der Waals surface area (Å²) in [6.45, 7) is 2.78. The van der Waals surface area contributed by atoms with Crippen LogP contribution in [0.5, 0.6) is 0 Å². The number of amides is 1. The van der Waals surface area contributed by atoms with Gasteiger partial charge in [0.15, 0.2) is 0 Å². The van der Waals surface area contributed by atoms with Gasteiger partial charge in [0.2, 0.25) is 0 Å². The number of carbonyl (C=O) groups excluding carboxylic acids is 1. The third-order valence-corrected chi connectivity index (χ3v) is 3.59. The molecule has 98 valence electrons. The number of nitrogens with one attached hydrogen (secondary N) is 2. The monoisotopic (exact) mass is 255 g/mol. The SMILES string of the molecule is O=C(NCC1CCNC1)c1cccc2cccnc12. The second-order valence-corrected chi connectivity index (χ2v) is 4.95. The van der Waals surface area contributed by atoms with Crippen LogP contribution in [0.25, 0.3) is 10.9 Å². The van der Waals surface area contributed by atoms with Crippen molar-refractivity contribution in [2.75, 3.05) is 19.6 Å². The van der Waals surface area contributed by atoms with Crippen molar-refractivity contribution < 1.29 is 4.79 Å². The van der Waals surface area contributed by atoms with E-state index < -0.39 is 0 Å². The highest BCUT2D eigenvalue weighted by atomic mass is 16.1. The Morgan fingerprint density at radius 2 is 2.26 bits per heavy atom. The molecule has 0 spiro atoms. The average Bonchev–Trinajstić information content (AvgIpc) is 2.97. The fourth-order valence-electron chi connectivity index (χ4n) is 2.51. The van der Waals surface area contributed by atoms with Crippen LogP contribution in [0, 0.1) is 5.92 Å². The van der Waals surface area contributed by atoms with Gasteiger partial charge in [-0.05, 0) is 37.6 Å². The van der Waals surface area contributed by atoms with E-state index >= 15 is 0 Å². The Bertz CT molecular complexity index is 585. The van der Waals surface area contributed by atoms with Crippen molar-refractivity contribution in [3.8, 4) is 0 Å². The molecule has 0 saturated carbocycles. The summed E-state index contributed by atoms with van der Waals surface area (Å²) in [7, 11) is 0. The molecular formula is C15H17N3O. The van der Waals surface area contributed by atoms with Crippen molar-refractivity contribution in [2.45, 2.75) is 6.42 Å². The van der Waals surface area contributed by atoms with Crippen molar-refractivity contribution in [1.82, 2.24) is 15.6 Å². The normalized spacial score (nSPS) is 18.6. The Balaban J connectivity index is 1.77. The number of pyridine rings is 1. The predicted octanol–water partition coefficient (Wildman–Crippen LogP) is 1.57. The summed E-state index contributed by atoms with van der Waals surface area (Å²) < 4.78 is 0. The molecule has 1 aromatic heterocycles. The van der Waals surface area contributed by atoms with Crippen molar-refractivity contribution in [1.29, 1.82) is 0 Å². The van der Waals surface area contributed by atoms with Crippen LogP contribution >= 0.6 is 0 Å². The van der Waals surface area contributed by atoms with E-state index in [-0.39, 0.29) is 5.91 Å². The minimum absolute atomic E-state index is 0.0313. The van der Waals surface area contributed by atoms with Crippen LogP contribution < -0.4 is 10.6 Å². The van der Waals surface area contributed by atoms with Gasteiger partial charge in [0.25, 0.3) is 5.91 Å². The maximum absolute atomic E-state index is 12.2. The smallest absolute Gasteiger partial charge is 0.253 e. The second-order valence-electron chi connectivity index (χ2n) is 4.95. The van der Waals surface area contributed by atoms with Gasteiger partial charge in [0.1, 0.15) is 0 Å². The van der Waals surface area contributed by atoms with Gasteiger partial charge in [-0.1, -0.05) is 18.2 Å². The molecule has 0 aliphatic carbocycles. The van der Waals surface area contributed by atoms with Crippen LogP contribution in [0.15, 0.2) is 36.5 Å². The van der Waals surface area contributed by atoms with E-state index in [9.17, 15) is 4.79 Å². The van der Waals surface area contributed by atoms with Crippen molar-refractivity contribution in [2.24, 2.45) is 5.92 Å². The first-order chi connectivity index (χ1) is 9.34. The quantitative estimate of drug-likeness (QED) is 0.875. The molecule has 4 nitrogen and oxygen atoms in total. The number of rotatable bonds is 3. The molecule has 1 aliphatic rings. The van der Waals surface area contributed by atoms with Crippen LogP contribution in [-0.4, -0.2) is 30.5 Å². The number of carbonyl (C=O) groups is 1. The number of para-hydroxylation sites is 1. The van der Waals surface area contributed by atoms with E-state index in [0.29, 0.717) is 11.5 Å². The van der Waals surface area contributed by atoms with Gasteiger partial charge in [-0.2, -0.15) is 0 Å². The van der Waals surface area contributed by atoms with Crippen molar-refractivity contribution in [3.05, 3.63) is 42.1 Å². The summed E-state index contributed by atoms with van der Waals surface area (Å²) in [4.78, 5) is 16.6. The minimum Gasteiger partial charge on any atom is -0.352 e. The lowest BCUT2D eigenvalue weighted by molar-refractivity contribution is 0.0949. The van der Waals surface area contributed by atoms with Gasteiger partial charge in [0.05, 0.1) is 11.1 Å². The zero-order chi connectivity index (χ0) is 13.1. The number of nitrogens with zero attached hydrogens (tertiary/aromatic N) is 1.